The van der Waals surface area contributed by atoms with Gasteiger partial charge in [0.1, 0.15) is 0 Å². The summed E-state index contributed by atoms with van der Waals surface area (Å²) < 4.78 is 17.5. The van der Waals surface area contributed by atoms with Gasteiger partial charge in [-0.15, -0.1) is 0 Å². The molecule has 6 heteroatoms. The van der Waals surface area contributed by atoms with Gasteiger partial charge < -0.3 is 15.0 Å². The molecule has 3 unspecified atom stereocenters. The number of nitrogens with one attached hydrogen (secondary N) is 1. The van der Waals surface area contributed by atoms with E-state index in [-0.39, 0.29) is 22.9 Å². The van der Waals surface area contributed by atoms with E-state index in [4.69, 9.17) is 4.74 Å². The topological polar surface area (TPSA) is 58.6 Å². The van der Waals surface area contributed by atoms with Gasteiger partial charge in [-0.3, -0.25) is 4.21 Å². The molecule has 3 fully saturated rings. The molecular weight excluding hydrogens is 288 g/mol. The van der Waals surface area contributed by atoms with Crippen molar-refractivity contribution >= 4 is 16.8 Å². The largest absolute Gasteiger partial charge is 0.376 e. The lowest BCUT2D eigenvalue weighted by Gasteiger charge is -2.40. The second-order valence-corrected chi connectivity index (χ2v) is 8.38. The number of amides is 2. The molecular formula is C15H26N2O3S. The van der Waals surface area contributed by atoms with E-state index in [9.17, 15) is 9.00 Å². The lowest BCUT2D eigenvalue weighted by atomic mass is 9.84. The number of hydrogen-bond donors (Lipinski definition) is 1. The highest BCUT2D eigenvalue weighted by Gasteiger charge is 2.42. The van der Waals surface area contributed by atoms with E-state index in [2.05, 4.69) is 5.32 Å². The second kappa shape index (κ2) is 6.24. The maximum atomic E-state index is 12.5. The first-order valence-electron chi connectivity index (χ1n) is 8.12. The van der Waals surface area contributed by atoms with Gasteiger partial charge in [-0.2, -0.15) is 0 Å². The molecule has 1 aliphatic carbocycles. The first-order chi connectivity index (χ1) is 10.1. The summed E-state index contributed by atoms with van der Waals surface area (Å²) in [6, 6.07) is 0.238. The molecule has 0 aromatic heterocycles. The van der Waals surface area contributed by atoms with E-state index in [1.807, 2.05) is 4.90 Å². The average molecular weight is 314 g/mol. The Morgan fingerprint density at radius 3 is 2.71 bits per heavy atom. The highest BCUT2D eigenvalue weighted by molar-refractivity contribution is 7.85. The van der Waals surface area contributed by atoms with Gasteiger partial charge in [0.25, 0.3) is 0 Å². The number of carbonyl (C=O) groups is 1. The van der Waals surface area contributed by atoms with E-state index >= 15 is 0 Å². The molecule has 0 bridgehead atoms. The summed E-state index contributed by atoms with van der Waals surface area (Å²) in [6.45, 7) is 2.19. The van der Waals surface area contributed by atoms with Gasteiger partial charge in [0.05, 0.1) is 16.9 Å². The number of ether oxygens (including phenoxy) is 1. The maximum absolute atomic E-state index is 12.5. The third kappa shape index (κ3) is 2.97. The van der Waals surface area contributed by atoms with Crippen molar-refractivity contribution in [2.24, 2.45) is 0 Å². The van der Waals surface area contributed by atoms with Gasteiger partial charge in [-0.25, -0.2) is 4.79 Å². The van der Waals surface area contributed by atoms with Crippen LogP contribution in [0.4, 0.5) is 4.79 Å². The van der Waals surface area contributed by atoms with Crippen LogP contribution in [0.1, 0.15) is 44.9 Å². The highest BCUT2D eigenvalue weighted by atomic mass is 32.2. The predicted molar refractivity (Wildman–Crippen MR) is 82.7 cm³/mol. The van der Waals surface area contributed by atoms with Gasteiger partial charge in [0.2, 0.25) is 0 Å². The van der Waals surface area contributed by atoms with Crippen LogP contribution in [0.2, 0.25) is 0 Å². The Balaban J connectivity index is 1.55. The minimum atomic E-state index is -0.869. The van der Waals surface area contributed by atoms with Crippen LogP contribution in [0, 0.1) is 0 Å². The summed E-state index contributed by atoms with van der Waals surface area (Å²) in [5, 5.41) is 3.04. The van der Waals surface area contributed by atoms with Crippen LogP contribution < -0.4 is 5.32 Å². The van der Waals surface area contributed by atoms with Crippen LogP contribution in [0.5, 0.6) is 0 Å². The fourth-order valence-electron chi connectivity index (χ4n) is 3.81. The zero-order chi connectivity index (χ0) is 14.9. The first kappa shape index (κ1) is 15.3. The molecule has 2 aliphatic heterocycles. The molecule has 0 aromatic carbocycles. The van der Waals surface area contributed by atoms with Crippen LogP contribution in [0.25, 0.3) is 0 Å². The smallest absolute Gasteiger partial charge is 0.317 e. The Morgan fingerprint density at radius 2 is 2.14 bits per heavy atom. The lowest BCUT2D eigenvalue weighted by molar-refractivity contribution is 0.0519. The summed E-state index contributed by atoms with van der Waals surface area (Å²) in [6.07, 6.45) is 9.30. The van der Waals surface area contributed by atoms with Crippen LogP contribution in [0.3, 0.4) is 0 Å². The third-order valence-electron chi connectivity index (χ3n) is 5.39. The monoisotopic (exact) mass is 314 g/mol. The van der Waals surface area contributed by atoms with E-state index in [0.717, 1.165) is 58.1 Å². The fourth-order valence-corrected chi connectivity index (χ4v) is 4.95. The molecule has 3 atom stereocenters. The summed E-state index contributed by atoms with van der Waals surface area (Å²) in [5.74, 6) is 0. The molecule has 0 radical (unpaired) electrons. The molecule has 3 aliphatic rings. The zero-order valence-corrected chi connectivity index (χ0v) is 13.6. The van der Waals surface area contributed by atoms with Crippen LogP contribution in [-0.2, 0) is 15.5 Å². The zero-order valence-electron chi connectivity index (χ0n) is 12.8. The van der Waals surface area contributed by atoms with Crippen molar-refractivity contribution in [3.05, 3.63) is 0 Å². The summed E-state index contributed by atoms with van der Waals surface area (Å²) in [7, 11) is -0.869. The predicted octanol–water partition coefficient (Wildman–Crippen LogP) is 1.64. The average Bonchev–Trinajstić information content (AvgIpc) is 3.07. The van der Waals surface area contributed by atoms with Crippen molar-refractivity contribution < 1.29 is 13.7 Å². The van der Waals surface area contributed by atoms with E-state index in [1.54, 1.807) is 6.26 Å². The fraction of sp³-hybridized carbons (Fsp3) is 0.933. The van der Waals surface area contributed by atoms with Crippen molar-refractivity contribution in [1.29, 1.82) is 0 Å². The normalized spacial score (nSPS) is 32.7. The van der Waals surface area contributed by atoms with Gasteiger partial charge >= 0.3 is 6.03 Å². The molecule has 5 nitrogen and oxygen atoms in total. The SMILES string of the molecule is CS(=O)C1(CNC(=O)N2CCCC2C2CCCO2)CCC1. The molecule has 1 saturated carbocycles. The van der Waals surface area contributed by atoms with E-state index in [1.165, 1.54) is 0 Å². The number of nitrogens with zero attached hydrogens (tertiary/aromatic N) is 1. The number of carbonyl (C=O) groups excluding carboxylic acids is 1. The first-order valence-corrected chi connectivity index (χ1v) is 9.68. The van der Waals surface area contributed by atoms with Crippen molar-refractivity contribution in [2.45, 2.75) is 61.8 Å². The Hall–Kier alpha value is -0.620. The molecule has 2 heterocycles. The van der Waals surface area contributed by atoms with Crippen molar-refractivity contribution in [2.75, 3.05) is 26.0 Å². The second-order valence-electron chi connectivity index (χ2n) is 6.60. The Labute approximate surface area is 129 Å². The van der Waals surface area contributed by atoms with Crippen molar-refractivity contribution in [3.63, 3.8) is 0 Å². The molecule has 0 spiro atoms. The van der Waals surface area contributed by atoms with Gasteiger partial charge in [0, 0.05) is 36.8 Å². The number of rotatable bonds is 4. The number of hydrogen-bond acceptors (Lipinski definition) is 3. The minimum Gasteiger partial charge on any atom is -0.376 e. The van der Waals surface area contributed by atoms with Crippen LogP contribution >= 0.6 is 0 Å². The van der Waals surface area contributed by atoms with Gasteiger partial charge in [-0.1, -0.05) is 6.42 Å². The van der Waals surface area contributed by atoms with Crippen LogP contribution in [0.15, 0.2) is 0 Å². The standard InChI is InChI=1S/C15H26N2O3S/c1-21(19)15(7-4-8-15)11-16-14(18)17-9-2-5-12(17)13-6-3-10-20-13/h12-13H,2-11H2,1H3,(H,16,18). The van der Waals surface area contributed by atoms with Crippen molar-refractivity contribution in [1.82, 2.24) is 10.2 Å². The quantitative estimate of drug-likeness (QED) is 0.858. The molecule has 2 amide bonds. The third-order valence-corrected chi connectivity index (χ3v) is 7.16. The molecule has 120 valence electrons. The van der Waals surface area contributed by atoms with Gasteiger partial charge in [0.15, 0.2) is 0 Å². The van der Waals surface area contributed by atoms with E-state index in [0.29, 0.717) is 6.54 Å². The Morgan fingerprint density at radius 1 is 1.33 bits per heavy atom. The molecule has 0 aromatic rings. The number of urea groups is 1. The maximum Gasteiger partial charge on any atom is 0.317 e. The Bertz CT molecular complexity index is 419. The molecule has 1 N–H and O–H groups in total. The molecule has 2 saturated heterocycles. The van der Waals surface area contributed by atoms with E-state index < -0.39 is 10.8 Å². The van der Waals surface area contributed by atoms with Crippen LogP contribution in [-0.4, -0.2) is 58.0 Å². The summed E-state index contributed by atoms with van der Waals surface area (Å²) >= 11 is 0. The van der Waals surface area contributed by atoms with Crippen molar-refractivity contribution in [3.8, 4) is 0 Å². The number of likely N-dealkylation sites (tertiary alicyclic amines) is 1. The highest BCUT2D eigenvalue weighted by Crippen LogP contribution is 2.36. The Kier molecular flexibility index (Phi) is 4.54. The van der Waals surface area contributed by atoms with Gasteiger partial charge in [-0.05, 0) is 38.5 Å². The summed E-state index contributed by atoms with van der Waals surface area (Å²) in [5.41, 5.74) is 0. The molecule has 21 heavy (non-hydrogen) atoms. The minimum absolute atomic E-state index is 0.00438. The molecule has 3 rings (SSSR count). The lowest BCUT2D eigenvalue weighted by Crippen LogP contribution is -2.54. The summed E-state index contributed by atoms with van der Waals surface area (Å²) in [4.78, 5) is 14.4.